The van der Waals surface area contributed by atoms with Gasteiger partial charge >= 0.3 is 12.1 Å². The van der Waals surface area contributed by atoms with Gasteiger partial charge in [-0.1, -0.05) is 48.0 Å². The van der Waals surface area contributed by atoms with Crippen LogP contribution in [-0.4, -0.2) is 60.4 Å². The topological polar surface area (TPSA) is 146 Å². The summed E-state index contributed by atoms with van der Waals surface area (Å²) in [4.78, 5) is 36.5. The minimum atomic E-state index is -1.63. The zero-order valence-corrected chi connectivity index (χ0v) is 22.3. The van der Waals surface area contributed by atoms with Gasteiger partial charge in [-0.15, -0.1) is 0 Å². The molecule has 2 unspecified atom stereocenters. The fraction of sp³-hybridized carbons (Fsp3) is 0.333. The fourth-order valence-corrected chi connectivity index (χ4v) is 3.71. The van der Waals surface area contributed by atoms with Gasteiger partial charge in [0.15, 0.2) is 6.10 Å². The lowest BCUT2D eigenvalue weighted by Crippen LogP contribution is -2.41. The van der Waals surface area contributed by atoms with Gasteiger partial charge in [-0.25, -0.2) is 9.59 Å². The molecule has 0 saturated carbocycles. The first-order valence-electron chi connectivity index (χ1n) is 12.0. The van der Waals surface area contributed by atoms with Crippen LogP contribution in [0.5, 0.6) is 5.88 Å². The summed E-state index contributed by atoms with van der Waals surface area (Å²) in [6.45, 7) is 2.53. The summed E-state index contributed by atoms with van der Waals surface area (Å²) in [7, 11) is 1.38. The van der Waals surface area contributed by atoms with E-state index in [1.165, 1.54) is 13.2 Å². The number of halogens is 1. The van der Waals surface area contributed by atoms with E-state index >= 15 is 0 Å². The molecule has 0 aliphatic heterocycles. The van der Waals surface area contributed by atoms with Crippen LogP contribution in [-0.2, 0) is 25.4 Å². The normalized spacial score (nSPS) is 12.4. The van der Waals surface area contributed by atoms with Gasteiger partial charge in [0, 0.05) is 17.5 Å². The number of methoxy groups -OCH3 is 1. The number of rotatable bonds is 12. The Morgan fingerprint density at radius 2 is 1.79 bits per heavy atom. The van der Waals surface area contributed by atoms with Crippen molar-refractivity contribution in [3.63, 3.8) is 0 Å². The molecular formula is C27H29ClN2O9. The predicted octanol–water partition coefficient (Wildman–Crippen LogP) is 4.16. The van der Waals surface area contributed by atoms with Crippen molar-refractivity contribution in [2.75, 3.05) is 13.9 Å². The van der Waals surface area contributed by atoms with Crippen LogP contribution < -0.4 is 10.1 Å². The Labute approximate surface area is 229 Å². The Morgan fingerprint density at radius 3 is 2.44 bits per heavy atom. The summed E-state index contributed by atoms with van der Waals surface area (Å²) < 4.78 is 24.1. The van der Waals surface area contributed by atoms with Gasteiger partial charge in [0.1, 0.15) is 0 Å². The molecule has 2 atom stereocenters. The van der Waals surface area contributed by atoms with E-state index in [1.807, 2.05) is 42.5 Å². The maximum Gasteiger partial charge on any atom is 0.511 e. The predicted molar refractivity (Wildman–Crippen MR) is 139 cm³/mol. The van der Waals surface area contributed by atoms with E-state index in [9.17, 15) is 19.5 Å². The van der Waals surface area contributed by atoms with Gasteiger partial charge in [-0.2, -0.15) is 0 Å². The smallest absolute Gasteiger partial charge is 0.479 e. The number of hydrogen-bond donors (Lipinski definition) is 2. The Hall–Kier alpha value is -4.09. The molecule has 39 heavy (non-hydrogen) atoms. The largest absolute Gasteiger partial charge is 0.511 e. The third-order valence-electron chi connectivity index (χ3n) is 5.34. The first kappa shape index (κ1) is 29.5. The second-order valence-corrected chi connectivity index (χ2v) is 9.15. The Morgan fingerprint density at radius 1 is 1.05 bits per heavy atom. The third kappa shape index (κ3) is 9.31. The maximum atomic E-state index is 12.7. The van der Waals surface area contributed by atoms with Crippen molar-refractivity contribution in [2.24, 2.45) is 0 Å². The molecule has 0 aliphatic carbocycles. The Balaban J connectivity index is 1.67. The van der Waals surface area contributed by atoms with Crippen LogP contribution in [0, 0.1) is 0 Å². The molecule has 1 heterocycles. The van der Waals surface area contributed by atoms with E-state index in [0.29, 0.717) is 5.02 Å². The first-order chi connectivity index (χ1) is 18.6. The van der Waals surface area contributed by atoms with Crippen LogP contribution in [0.1, 0.15) is 36.4 Å². The number of carbonyl (C=O) groups is 3. The highest BCUT2D eigenvalue weighted by atomic mass is 35.5. The van der Waals surface area contributed by atoms with Crippen LogP contribution in [0.25, 0.3) is 11.1 Å². The van der Waals surface area contributed by atoms with E-state index in [2.05, 4.69) is 15.2 Å². The monoisotopic (exact) mass is 560 g/mol. The number of nitrogens with one attached hydrogen (secondary N) is 1. The summed E-state index contributed by atoms with van der Waals surface area (Å²) in [5.41, 5.74) is 2.70. The van der Waals surface area contributed by atoms with Crippen molar-refractivity contribution in [1.82, 2.24) is 10.5 Å². The van der Waals surface area contributed by atoms with Gasteiger partial charge in [0.2, 0.25) is 12.6 Å². The lowest BCUT2D eigenvalue weighted by Gasteiger charge is -2.21. The lowest BCUT2D eigenvalue weighted by molar-refractivity contribution is -0.164. The molecule has 0 bridgehead atoms. The first-order valence-corrected chi connectivity index (χ1v) is 12.4. The minimum absolute atomic E-state index is 0.109. The number of aromatic nitrogens is 1. The van der Waals surface area contributed by atoms with Gasteiger partial charge < -0.3 is 33.9 Å². The van der Waals surface area contributed by atoms with Crippen molar-refractivity contribution in [1.29, 1.82) is 0 Å². The maximum absolute atomic E-state index is 12.7. The number of esters is 1. The Bertz CT molecular complexity index is 1260. The van der Waals surface area contributed by atoms with E-state index in [4.69, 9.17) is 30.3 Å². The van der Waals surface area contributed by atoms with E-state index in [0.717, 1.165) is 16.7 Å². The third-order valence-corrected chi connectivity index (χ3v) is 5.58. The molecule has 2 N–H and O–H groups in total. The second kappa shape index (κ2) is 14.2. The summed E-state index contributed by atoms with van der Waals surface area (Å²) in [6, 6.07) is 15.6. The number of hydrogen-bond acceptors (Lipinski definition) is 10. The standard InChI is InChI=1S/C27H29ClN2O9/c1-16(2)38-27(34)37-15-36-26(33)22(31)13-21(29-25(32)23-14-24(35-3)30-39-23)11-17-7-9-18(10-8-17)19-5-4-6-20(28)12-19/h4-10,12,14,16,21-22,31H,11,13,15H2,1-3H3,(H,29,32). The number of benzene rings is 2. The number of carbonyl (C=O) groups excluding carboxylic acids is 3. The molecule has 0 radical (unpaired) electrons. The van der Waals surface area contributed by atoms with Crippen LogP contribution in [0.2, 0.25) is 5.02 Å². The Kier molecular flexibility index (Phi) is 10.7. The highest BCUT2D eigenvalue weighted by molar-refractivity contribution is 6.30. The quantitative estimate of drug-likeness (QED) is 0.244. The molecule has 0 fully saturated rings. The molecule has 0 aliphatic rings. The number of amides is 1. The highest BCUT2D eigenvalue weighted by Gasteiger charge is 2.26. The van der Waals surface area contributed by atoms with Gasteiger partial charge in [-0.05, 0) is 54.2 Å². The van der Waals surface area contributed by atoms with Crippen LogP contribution in [0.3, 0.4) is 0 Å². The van der Waals surface area contributed by atoms with Crippen LogP contribution in [0.4, 0.5) is 4.79 Å². The number of aliphatic hydroxyl groups is 1. The van der Waals surface area contributed by atoms with E-state index in [-0.39, 0.29) is 24.5 Å². The zero-order chi connectivity index (χ0) is 28.4. The van der Waals surface area contributed by atoms with Gasteiger partial charge in [-0.3, -0.25) is 4.79 Å². The molecule has 3 aromatic rings. The van der Waals surface area contributed by atoms with Crippen molar-refractivity contribution in [3.8, 4) is 17.0 Å². The minimum Gasteiger partial charge on any atom is -0.479 e. The summed E-state index contributed by atoms with van der Waals surface area (Å²) >= 11 is 6.09. The molecule has 1 aromatic heterocycles. The molecule has 0 saturated heterocycles. The van der Waals surface area contributed by atoms with Crippen LogP contribution >= 0.6 is 11.6 Å². The van der Waals surface area contributed by atoms with Crippen LogP contribution in [0.15, 0.2) is 59.1 Å². The second-order valence-electron chi connectivity index (χ2n) is 8.71. The molecule has 0 spiro atoms. The molecule has 12 heteroatoms. The highest BCUT2D eigenvalue weighted by Crippen LogP contribution is 2.24. The van der Waals surface area contributed by atoms with Crippen molar-refractivity contribution in [3.05, 3.63) is 70.9 Å². The number of aliphatic hydroxyl groups excluding tert-OH is 1. The average Bonchev–Trinajstić information content (AvgIpc) is 3.38. The van der Waals surface area contributed by atoms with Gasteiger partial charge in [0.05, 0.1) is 19.3 Å². The molecule has 2 aromatic carbocycles. The summed E-state index contributed by atoms with van der Waals surface area (Å²) in [5.74, 6) is -1.65. The molecule has 208 valence electrons. The van der Waals surface area contributed by atoms with E-state index < -0.39 is 43.1 Å². The fourth-order valence-electron chi connectivity index (χ4n) is 3.52. The molecule has 3 rings (SSSR count). The molecule has 11 nitrogen and oxygen atoms in total. The number of ether oxygens (including phenoxy) is 4. The van der Waals surface area contributed by atoms with Crippen molar-refractivity contribution >= 4 is 29.6 Å². The molecule has 1 amide bonds. The van der Waals surface area contributed by atoms with Crippen molar-refractivity contribution in [2.45, 2.75) is 44.9 Å². The molecular weight excluding hydrogens is 532 g/mol. The van der Waals surface area contributed by atoms with E-state index in [1.54, 1.807) is 19.9 Å². The average molecular weight is 561 g/mol. The number of nitrogens with zero attached hydrogens (tertiary/aromatic N) is 1. The lowest BCUT2D eigenvalue weighted by atomic mass is 9.97. The van der Waals surface area contributed by atoms with Gasteiger partial charge in [0.25, 0.3) is 11.8 Å². The zero-order valence-electron chi connectivity index (χ0n) is 21.6. The van der Waals surface area contributed by atoms with Crippen molar-refractivity contribution < 1.29 is 43.0 Å². The summed E-state index contributed by atoms with van der Waals surface area (Å²) in [6.07, 6.45) is -3.00. The SMILES string of the molecule is COc1cc(C(=O)NC(Cc2ccc(-c3cccc(Cl)c3)cc2)CC(O)C(=O)OCOC(=O)OC(C)C)on1. The summed E-state index contributed by atoms with van der Waals surface area (Å²) in [5, 5.41) is 17.4.